The zero-order valence-corrected chi connectivity index (χ0v) is 8.64. The maximum absolute atomic E-state index is 8.44. The van der Waals surface area contributed by atoms with E-state index in [2.05, 4.69) is 0 Å². The summed E-state index contributed by atoms with van der Waals surface area (Å²) in [6.45, 7) is 0.681. The summed E-state index contributed by atoms with van der Waals surface area (Å²) in [6.07, 6.45) is 0. The summed E-state index contributed by atoms with van der Waals surface area (Å²) in [6, 6.07) is 8.92. The monoisotopic (exact) mass is 206 g/mol. The van der Waals surface area contributed by atoms with Gasteiger partial charge in [-0.3, -0.25) is 0 Å². The highest BCUT2D eigenvalue weighted by Gasteiger charge is 2.00. The van der Waals surface area contributed by atoms with Gasteiger partial charge in [-0.05, 0) is 17.7 Å². The van der Waals surface area contributed by atoms with E-state index in [1.54, 1.807) is 7.11 Å². The normalized spacial score (nSPS) is 11.8. The van der Waals surface area contributed by atoms with Gasteiger partial charge in [0.2, 0.25) is 0 Å². The molecule has 0 bridgehead atoms. The van der Waals surface area contributed by atoms with Gasteiger partial charge < -0.3 is 15.2 Å². The molecule has 0 aromatic heterocycles. The summed E-state index contributed by atoms with van der Waals surface area (Å²) < 4.78 is 10.3. The summed E-state index contributed by atoms with van der Waals surface area (Å²) in [5, 5.41) is 8.44. The lowest BCUT2D eigenvalue weighted by Crippen LogP contribution is -2.23. The van der Waals surface area contributed by atoms with Crippen LogP contribution in [0.4, 0.5) is 0 Å². The van der Waals surface area contributed by atoms with Gasteiger partial charge in [0.1, 0.15) is 11.8 Å². The van der Waals surface area contributed by atoms with Gasteiger partial charge in [0.05, 0.1) is 26.4 Å². The number of hydrogen-bond donors (Lipinski definition) is 1. The average Bonchev–Trinajstić information content (AvgIpc) is 2.29. The van der Waals surface area contributed by atoms with Crippen LogP contribution in [0.25, 0.3) is 0 Å². The van der Waals surface area contributed by atoms with E-state index >= 15 is 0 Å². The second kappa shape index (κ2) is 6.02. The Morgan fingerprint density at radius 3 is 3.00 bits per heavy atom. The van der Waals surface area contributed by atoms with Crippen molar-refractivity contribution in [2.45, 2.75) is 12.6 Å². The van der Waals surface area contributed by atoms with Gasteiger partial charge in [-0.25, -0.2) is 0 Å². The third-order valence-corrected chi connectivity index (χ3v) is 1.87. The molecule has 0 spiro atoms. The molecule has 0 aliphatic carbocycles. The lowest BCUT2D eigenvalue weighted by molar-refractivity contribution is 0.117. The van der Waals surface area contributed by atoms with E-state index in [1.807, 2.05) is 30.3 Å². The Morgan fingerprint density at radius 2 is 2.33 bits per heavy atom. The lowest BCUT2D eigenvalue weighted by Gasteiger charge is -2.06. The van der Waals surface area contributed by atoms with Crippen LogP contribution in [0.1, 0.15) is 5.56 Å². The van der Waals surface area contributed by atoms with Crippen LogP contribution in [0, 0.1) is 11.3 Å². The second-order valence-electron chi connectivity index (χ2n) is 3.10. The molecule has 0 aliphatic rings. The van der Waals surface area contributed by atoms with Gasteiger partial charge in [0, 0.05) is 0 Å². The standard InChI is InChI=1S/C11H14N2O2/c1-14-11-4-2-3-9(5-11)7-15-8-10(13)6-12/h2-5,10H,7-8,13H2,1H3. The van der Waals surface area contributed by atoms with E-state index in [0.29, 0.717) is 6.61 Å². The highest BCUT2D eigenvalue weighted by molar-refractivity contribution is 5.27. The molecule has 1 atom stereocenters. The molecular formula is C11H14N2O2. The smallest absolute Gasteiger partial charge is 0.119 e. The van der Waals surface area contributed by atoms with Gasteiger partial charge in [-0.2, -0.15) is 5.26 Å². The van der Waals surface area contributed by atoms with Crippen molar-refractivity contribution >= 4 is 0 Å². The van der Waals surface area contributed by atoms with Crippen LogP contribution in [0.15, 0.2) is 24.3 Å². The van der Waals surface area contributed by atoms with Crippen LogP contribution in [0.5, 0.6) is 5.75 Å². The molecule has 1 rings (SSSR count). The molecule has 0 saturated heterocycles. The number of methoxy groups -OCH3 is 1. The molecule has 4 nitrogen and oxygen atoms in total. The minimum atomic E-state index is -0.560. The number of rotatable bonds is 5. The van der Waals surface area contributed by atoms with Gasteiger partial charge in [0.15, 0.2) is 0 Å². The molecule has 80 valence electrons. The molecule has 0 saturated carbocycles. The average molecular weight is 206 g/mol. The molecule has 0 heterocycles. The largest absolute Gasteiger partial charge is 0.497 e. The maximum atomic E-state index is 8.44. The Kier molecular flexibility index (Phi) is 4.61. The Balaban J connectivity index is 2.41. The highest BCUT2D eigenvalue weighted by Crippen LogP contribution is 2.13. The molecule has 1 unspecified atom stereocenters. The molecule has 0 radical (unpaired) electrons. The fraction of sp³-hybridized carbons (Fsp3) is 0.364. The molecule has 1 aromatic rings. The number of nitrogens with two attached hydrogens (primary N) is 1. The van der Waals surface area contributed by atoms with Crippen molar-refractivity contribution in [2.75, 3.05) is 13.7 Å². The van der Waals surface area contributed by atoms with E-state index < -0.39 is 6.04 Å². The van der Waals surface area contributed by atoms with Crippen LogP contribution in [-0.2, 0) is 11.3 Å². The van der Waals surface area contributed by atoms with Crippen molar-refractivity contribution in [3.63, 3.8) is 0 Å². The van der Waals surface area contributed by atoms with Crippen molar-refractivity contribution < 1.29 is 9.47 Å². The number of nitrogens with zero attached hydrogens (tertiary/aromatic N) is 1. The summed E-state index contributed by atoms with van der Waals surface area (Å²) in [4.78, 5) is 0. The van der Waals surface area contributed by atoms with Gasteiger partial charge in [-0.15, -0.1) is 0 Å². The predicted octanol–water partition coefficient (Wildman–Crippen LogP) is 1.06. The van der Waals surface area contributed by atoms with Crippen molar-refractivity contribution in [3.05, 3.63) is 29.8 Å². The van der Waals surface area contributed by atoms with E-state index in [4.69, 9.17) is 20.5 Å². The van der Waals surface area contributed by atoms with Crippen molar-refractivity contribution in [1.29, 1.82) is 5.26 Å². The summed E-state index contributed by atoms with van der Waals surface area (Å²) in [5.74, 6) is 0.792. The number of hydrogen-bond acceptors (Lipinski definition) is 4. The van der Waals surface area contributed by atoms with Gasteiger partial charge in [0.25, 0.3) is 0 Å². The number of ether oxygens (including phenoxy) is 2. The highest BCUT2D eigenvalue weighted by atomic mass is 16.5. The fourth-order valence-corrected chi connectivity index (χ4v) is 1.10. The first-order chi connectivity index (χ1) is 7.26. The van der Waals surface area contributed by atoms with Crippen LogP contribution < -0.4 is 10.5 Å². The van der Waals surface area contributed by atoms with E-state index in [0.717, 1.165) is 11.3 Å². The van der Waals surface area contributed by atoms with Crippen molar-refractivity contribution in [3.8, 4) is 11.8 Å². The molecule has 0 fully saturated rings. The predicted molar refractivity (Wildman–Crippen MR) is 56.2 cm³/mol. The first kappa shape index (κ1) is 11.5. The molecular weight excluding hydrogens is 192 g/mol. The Bertz CT molecular complexity index is 347. The van der Waals surface area contributed by atoms with Gasteiger partial charge >= 0.3 is 0 Å². The summed E-state index contributed by atoms with van der Waals surface area (Å²) in [5.41, 5.74) is 6.38. The molecule has 0 amide bonds. The lowest BCUT2D eigenvalue weighted by atomic mass is 10.2. The van der Waals surface area contributed by atoms with Crippen LogP contribution in [0.3, 0.4) is 0 Å². The van der Waals surface area contributed by atoms with E-state index in [9.17, 15) is 0 Å². The minimum absolute atomic E-state index is 0.244. The third kappa shape index (κ3) is 3.98. The van der Waals surface area contributed by atoms with E-state index in [-0.39, 0.29) is 6.61 Å². The zero-order chi connectivity index (χ0) is 11.1. The zero-order valence-electron chi connectivity index (χ0n) is 8.64. The quantitative estimate of drug-likeness (QED) is 0.782. The molecule has 2 N–H and O–H groups in total. The van der Waals surface area contributed by atoms with Crippen molar-refractivity contribution in [2.24, 2.45) is 5.73 Å². The summed E-state index contributed by atoms with van der Waals surface area (Å²) in [7, 11) is 1.62. The van der Waals surface area contributed by atoms with E-state index in [1.165, 1.54) is 0 Å². The first-order valence-electron chi connectivity index (χ1n) is 4.62. The summed E-state index contributed by atoms with van der Waals surface area (Å²) >= 11 is 0. The van der Waals surface area contributed by atoms with Crippen LogP contribution in [0.2, 0.25) is 0 Å². The minimum Gasteiger partial charge on any atom is -0.497 e. The maximum Gasteiger partial charge on any atom is 0.119 e. The molecule has 0 aliphatic heterocycles. The third-order valence-electron chi connectivity index (χ3n) is 1.87. The number of benzene rings is 1. The Morgan fingerprint density at radius 1 is 1.53 bits per heavy atom. The Labute approximate surface area is 89.2 Å². The second-order valence-corrected chi connectivity index (χ2v) is 3.10. The number of nitriles is 1. The Hall–Kier alpha value is -1.57. The first-order valence-corrected chi connectivity index (χ1v) is 4.62. The molecule has 4 heteroatoms. The van der Waals surface area contributed by atoms with Crippen LogP contribution in [-0.4, -0.2) is 19.8 Å². The molecule has 1 aromatic carbocycles. The van der Waals surface area contributed by atoms with Gasteiger partial charge in [-0.1, -0.05) is 12.1 Å². The fourth-order valence-electron chi connectivity index (χ4n) is 1.10. The van der Waals surface area contributed by atoms with Crippen LogP contribution >= 0.6 is 0 Å². The molecule has 15 heavy (non-hydrogen) atoms. The topological polar surface area (TPSA) is 68.3 Å². The SMILES string of the molecule is COc1cccc(COCC(N)C#N)c1. The van der Waals surface area contributed by atoms with Crippen molar-refractivity contribution in [1.82, 2.24) is 0 Å².